The molecule has 5 nitrogen and oxygen atoms in total. The van der Waals surface area contributed by atoms with Crippen molar-refractivity contribution in [1.82, 2.24) is 5.32 Å². The van der Waals surface area contributed by atoms with Crippen molar-refractivity contribution < 1.29 is 14.6 Å². The van der Waals surface area contributed by atoms with Gasteiger partial charge in [-0.3, -0.25) is 4.79 Å². The second-order valence-corrected chi connectivity index (χ2v) is 4.91. The molecule has 1 amide bonds. The summed E-state index contributed by atoms with van der Waals surface area (Å²) in [5.41, 5.74) is 1.19. The van der Waals surface area contributed by atoms with Crippen molar-refractivity contribution in [2.45, 2.75) is 19.1 Å². The number of carbonyl (C=O) groups is 1. The van der Waals surface area contributed by atoms with E-state index in [-0.39, 0.29) is 11.7 Å². The fourth-order valence-corrected chi connectivity index (χ4v) is 2.22. The topological polar surface area (TPSA) is 82.3 Å². The second kappa shape index (κ2) is 7.97. The Balaban J connectivity index is 2.28. The van der Waals surface area contributed by atoms with Gasteiger partial charge in [0, 0.05) is 12.2 Å². The van der Waals surface area contributed by atoms with Gasteiger partial charge in [0.25, 0.3) is 5.91 Å². The number of nitrogens with zero attached hydrogens (tertiary/aromatic N) is 1. The van der Waals surface area contributed by atoms with Crippen LogP contribution in [0.3, 0.4) is 0 Å². The molecule has 2 atom stereocenters. The van der Waals surface area contributed by atoms with Crippen LogP contribution in [-0.4, -0.2) is 23.7 Å². The molecule has 0 bridgehead atoms. The number of nitriles is 1. The summed E-state index contributed by atoms with van der Waals surface area (Å²) in [5, 5.41) is 21.6. The molecule has 2 aromatic rings. The molecule has 0 heterocycles. The Morgan fingerprint density at radius 3 is 2.43 bits per heavy atom. The van der Waals surface area contributed by atoms with Gasteiger partial charge in [-0.1, -0.05) is 30.3 Å². The van der Waals surface area contributed by atoms with E-state index in [1.807, 2.05) is 6.07 Å². The molecule has 0 aliphatic rings. The van der Waals surface area contributed by atoms with Crippen LogP contribution >= 0.6 is 0 Å². The van der Waals surface area contributed by atoms with Crippen LogP contribution in [0.1, 0.15) is 28.9 Å². The molecular weight excluding hydrogens is 292 g/mol. The van der Waals surface area contributed by atoms with E-state index >= 15 is 0 Å². The highest BCUT2D eigenvalue weighted by Crippen LogP contribution is 2.22. The number of amides is 1. The Bertz CT molecular complexity index is 678. The summed E-state index contributed by atoms with van der Waals surface area (Å²) < 4.78 is 5.44. The summed E-state index contributed by atoms with van der Waals surface area (Å²) in [4.78, 5) is 12.4. The summed E-state index contributed by atoms with van der Waals surface area (Å²) in [6.07, 6.45) is -0.822. The number of hydrogen-bond donors (Lipinski definition) is 2. The lowest BCUT2D eigenvalue weighted by Gasteiger charge is -2.23. The number of hydrogen-bond acceptors (Lipinski definition) is 4. The zero-order chi connectivity index (χ0) is 16.7. The van der Waals surface area contributed by atoms with Crippen molar-refractivity contribution in [2.24, 2.45) is 0 Å². The molecule has 2 N–H and O–H groups in total. The maximum atomic E-state index is 12.4. The summed E-state index contributed by atoms with van der Waals surface area (Å²) >= 11 is 0. The normalized spacial score (nSPS) is 12.9. The fourth-order valence-electron chi connectivity index (χ4n) is 2.22. The molecule has 0 aromatic heterocycles. The predicted octanol–water partition coefficient (Wildman–Crippen LogP) is 2.79. The number of benzene rings is 2. The van der Waals surface area contributed by atoms with Gasteiger partial charge in [-0.15, -0.1) is 0 Å². The van der Waals surface area contributed by atoms with E-state index in [2.05, 4.69) is 11.4 Å². The smallest absolute Gasteiger partial charge is 0.251 e. The van der Waals surface area contributed by atoms with Crippen molar-refractivity contribution in [3.63, 3.8) is 0 Å². The third kappa shape index (κ3) is 4.31. The van der Waals surface area contributed by atoms with Crippen molar-refractivity contribution in [3.8, 4) is 11.8 Å². The molecule has 0 saturated heterocycles. The molecule has 0 fully saturated rings. The number of rotatable bonds is 6. The predicted molar refractivity (Wildman–Crippen MR) is 85.8 cm³/mol. The van der Waals surface area contributed by atoms with Crippen molar-refractivity contribution in [2.75, 3.05) is 6.61 Å². The maximum Gasteiger partial charge on any atom is 0.251 e. The quantitative estimate of drug-likeness (QED) is 0.859. The first kappa shape index (κ1) is 16.5. The minimum absolute atomic E-state index is 0.117. The molecule has 2 aromatic carbocycles. The first-order valence-corrected chi connectivity index (χ1v) is 7.31. The third-order valence-corrected chi connectivity index (χ3v) is 3.35. The van der Waals surface area contributed by atoms with Gasteiger partial charge in [0.1, 0.15) is 5.75 Å². The fraction of sp³-hybridized carbons (Fsp3) is 0.222. The highest BCUT2D eigenvalue weighted by molar-refractivity contribution is 5.94. The molecule has 0 aliphatic heterocycles. The highest BCUT2D eigenvalue weighted by Gasteiger charge is 2.26. The monoisotopic (exact) mass is 310 g/mol. The van der Waals surface area contributed by atoms with E-state index in [0.717, 1.165) is 0 Å². The first-order valence-electron chi connectivity index (χ1n) is 7.31. The summed E-state index contributed by atoms with van der Waals surface area (Å²) in [6.45, 7) is 2.14. The largest absolute Gasteiger partial charge is 0.508 e. The van der Waals surface area contributed by atoms with Gasteiger partial charge >= 0.3 is 0 Å². The maximum absolute atomic E-state index is 12.4. The van der Waals surface area contributed by atoms with Gasteiger partial charge in [0.15, 0.2) is 6.10 Å². The summed E-state index contributed by atoms with van der Waals surface area (Å²) in [6, 6.07) is 16.6. The Morgan fingerprint density at radius 2 is 1.87 bits per heavy atom. The lowest BCUT2D eigenvalue weighted by Crippen LogP contribution is -2.37. The number of aromatic hydroxyl groups is 1. The second-order valence-electron chi connectivity index (χ2n) is 4.91. The van der Waals surface area contributed by atoms with Crippen LogP contribution < -0.4 is 5.32 Å². The Morgan fingerprint density at radius 1 is 1.22 bits per heavy atom. The van der Waals surface area contributed by atoms with Gasteiger partial charge < -0.3 is 15.2 Å². The average molecular weight is 310 g/mol. The first-order chi connectivity index (χ1) is 11.2. The van der Waals surface area contributed by atoms with Gasteiger partial charge in [-0.05, 0) is 36.8 Å². The van der Waals surface area contributed by atoms with Gasteiger partial charge in [0.05, 0.1) is 12.1 Å². The molecule has 5 heteroatoms. The molecule has 0 radical (unpaired) electrons. The standard InChI is InChI=1S/C18H18N2O3/c1-2-23-16(12-19)17(13-8-10-15(21)11-9-13)20-18(22)14-6-4-3-5-7-14/h3-11,16-17,21H,2H2,1H3,(H,20,22). The van der Waals surface area contributed by atoms with Gasteiger partial charge in [-0.25, -0.2) is 0 Å². The van der Waals surface area contributed by atoms with Crippen LogP contribution in [0.2, 0.25) is 0 Å². The minimum Gasteiger partial charge on any atom is -0.508 e. The van der Waals surface area contributed by atoms with Gasteiger partial charge in [0.2, 0.25) is 0 Å². The van der Waals surface area contributed by atoms with Gasteiger partial charge in [-0.2, -0.15) is 5.26 Å². The summed E-state index contributed by atoms with van der Waals surface area (Å²) in [7, 11) is 0. The molecule has 2 rings (SSSR count). The van der Waals surface area contributed by atoms with Crippen LogP contribution in [0.4, 0.5) is 0 Å². The van der Waals surface area contributed by atoms with Crippen LogP contribution in [0.25, 0.3) is 0 Å². The zero-order valence-electron chi connectivity index (χ0n) is 12.8. The highest BCUT2D eigenvalue weighted by atomic mass is 16.5. The SMILES string of the molecule is CCOC(C#N)C(NC(=O)c1ccccc1)c1ccc(O)cc1. The molecule has 0 aliphatic carbocycles. The lowest BCUT2D eigenvalue weighted by atomic mass is 10.0. The summed E-state index contributed by atoms with van der Waals surface area (Å²) in [5.74, 6) is -0.171. The molecule has 118 valence electrons. The lowest BCUT2D eigenvalue weighted by molar-refractivity contribution is 0.0640. The minimum atomic E-state index is -0.822. The Labute approximate surface area is 135 Å². The van der Waals surface area contributed by atoms with E-state index in [0.29, 0.717) is 17.7 Å². The van der Waals surface area contributed by atoms with E-state index in [1.165, 1.54) is 12.1 Å². The Hall–Kier alpha value is -2.84. The van der Waals surface area contributed by atoms with Crippen LogP contribution in [0.15, 0.2) is 54.6 Å². The van der Waals surface area contributed by atoms with Crippen molar-refractivity contribution in [3.05, 3.63) is 65.7 Å². The average Bonchev–Trinajstić information content (AvgIpc) is 2.59. The molecule has 0 saturated carbocycles. The molecule has 0 spiro atoms. The van der Waals surface area contributed by atoms with E-state index in [1.54, 1.807) is 43.3 Å². The van der Waals surface area contributed by atoms with Crippen molar-refractivity contribution in [1.29, 1.82) is 5.26 Å². The van der Waals surface area contributed by atoms with E-state index in [4.69, 9.17) is 4.74 Å². The van der Waals surface area contributed by atoms with Crippen LogP contribution in [-0.2, 0) is 4.74 Å². The van der Waals surface area contributed by atoms with E-state index < -0.39 is 12.1 Å². The number of carbonyl (C=O) groups excluding carboxylic acids is 1. The third-order valence-electron chi connectivity index (χ3n) is 3.35. The van der Waals surface area contributed by atoms with Crippen LogP contribution in [0, 0.1) is 11.3 Å². The number of ether oxygens (including phenoxy) is 1. The molecule has 23 heavy (non-hydrogen) atoms. The number of nitrogens with one attached hydrogen (secondary N) is 1. The van der Waals surface area contributed by atoms with E-state index in [9.17, 15) is 15.2 Å². The Kier molecular flexibility index (Phi) is 5.73. The van der Waals surface area contributed by atoms with Crippen molar-refractivity contribution >= 4 is 5.91 Å². The number of phenolic OH excluding ortho intramolecular Hbond substituents is 1. The molecule has 2 unspecified atom stereocenters. The zero-order valence-corrected chi connectivity index (χ0v) is 12.8. The molecular formula is C18H18N2O3. The number of phenols is 1. The van der Waals surface area contributed by atoms with Crippen LogP contribution in [0.5, 0.6) is 5.75 Å².